The van der Waals surface area contributed by atoms with E-state index < -0.39 is 0 Å². The average Bonchev–Trinajstić information content (AvgIpc) is 2.58. The third kappa shape index (κ3) is 3.75. The van der Waals surface area contributed by atoms with Gasteiger partial charge < -0.3 is 4.90 Å². The molecule has 2 aromatic carbocycles. The number of para-hydroxylation sites is 2. The summed E-state index contributed by atoms with van der Waals surface area (Å²) in [6.45, 7) is 1.06. The van der Waals surface area contributed by atoms with Crippen LogP contribution in [0.4, 0.5) is 11.4 Å². The third-order valence-electron chi connectivity index (χ3n) is 4.18. The van der Waals surface area contributed by atoms with E-state index in [9.17, 15) is 0 Å². The van der Waals surface area contributed by atoms with E-state index >= 15 is 0 Å². The fourth-order valence-electron chi connectivity index (χ4n) is 3.01. The molecular formula is C20H23N. The molecule has 0 atom stereocenters. The average molecular weight is 277 g/mol. The molecule has 0 amide bonds. The molecule has 0 aromatic heterocycles. The molecule has 3 rings (SSSR count). The number of hydrogen-bond acceptors (Lipinski definition) is 1. The van der Waals surface area contributed by atoms with Gasteiger partial charge >= 0.3 is 0 Å². The molecule has 1 aliphatic carbocycles. The molecule has 0 saturated carbocycles. The van der Waals surface area contributed by atoms with Crippen molar-refractivity contribution in [2.45, 2.75) is 32.1 Å². The smallest absolute Gasteiger partial charge is 0.0410 e. The van der Waals surface area contributed by atoms with E-state index in [0.717, 1.165) is 6.54 Å². The van der Waals surface area contributed by atoms with Crippen LogP contribution in [-0.2, 0) is 0 Å². The minimum atomic E-state index is 1.06. The summed E-state index contributed by atoms with van der Waals surface area (Å²) in [5.74, 6) is 0. The van der Waals surface area contributed by atoms with Crippen LogP contribution in [0, 0.1) is 0 Å². The Kier molecular flexibility index (Phi) is 4.73. The number of nitrogens with zero attached hydrogens (tertiary/aromatic N) is 1. The molecule has 0 N–H and O–H groups in total. The van der Waals surface area contributed by atoms with Gasteiger partial charge in [-0.1, -0.05) is 48.0 Å². The first-order valence-corrected chi connectivity index (χ1v) is 7.99. The van der Waals surface area contributed by atoms with E-state index in [1.807, 2.05) is 0 Å². The second-order valence-corrected chi connectivity index (χ2v) is 5.68. The number of anilines is 2. The minimum Gasteiger partial charge on any atom is -0.341 e. The summed E-state index contributed by atoms with van der Waals surface area (Å²) in [5, 5.41) is 0. The van der Waals surface area contributed by atoms with Crippen LogP contribution in [0.25, 0.3) is 0 Å². The zero-order valence-electron chi connectivity index (χ0n) is 12.5. The lowest BCUT2D eigenvalue weighted by molar-refractivity contribution is 0.674. The lowest BCUT2D eigenvalue weighted by Gasteiger charge is -2.26. The van der Waals surface area contributed by atoms with Gasteiger partial charge in [0.15, 0.2) is 0 Å². The Balaban J connectivity index is 1.78. The first-order valence-electron chi connectivity index (χ1n) is 7.99. The normalized spacial score (nSPS) is 14.6. The molecule has 0 radical (unpaired) electrons. The van der Waals surface area contributed by atoms with Gasteiger partial charge in [0.05, 0.1) is 0 Å². The first-order chi connectivity index (χ1) is 10.4. The van der Waals surface area contributed by atoms with Gasteiger partial charge in [-0.3, -0.25) is 0 Å². The molecule has 0 aliphatic heterocycles. The predicted octanol–water partition coefficient (Wildman–Crippen LogP) is 5.72. The molecule has 0 bridgehead atoms. The molecule has 2 aromatic rings. The van der Waals surface area contributed by atoms with Crippen molar-refractivity contribution in [1.29, 1.82) is 0 Å². The van der Waals surface area contributed by atoms with Gasteiger partial charge in [0.25, 0.3) is 0 Å². The van der Waals surface area contributed by atoms with Crippen molar-refractivity contribution >= 4 is 11.4 Å². The Morgan fingerprint density at radius 3 is 1.90 bits per heavy atom. The highest BCUT2D eigenvalue weighted by Crippen LogP contribution is 2.27. The molecule has 0 spiro atoms. The van der Waals surface area contributed by atoms with Crippen LogP contribution in [0.15, 0.2) is 72.3 Å². The number of rotatable bonds is 5. The molecule has 1 heteroatoms. The van der Waals surface area contributed by atoms with Crippen molar-refractivity contribution in [3.63, 3.8) is 0 Å². The molecule has 0 unspecified atom stereocenters. The van der Waals surface area contributed by atoms with Gasteiger partial charge in [-0.05, 0) is 56.4 Å². The first kappa shape index (κ1) is 13.9. The second-order valence-electron chi connectivity index (χ2n) is 5.68. The number of hydrogen-bond donors (Lipinski definition) is 0. The zero-order valence-corrected chi connectivity index (χ0v) is 12.5. The zero-order chi connectivity index (χ0) is 14.3. The molecule has 108 valence electrons. The molecule has 0 heterocycles. The molecule has 1 nitrogen and oxygen atoms in total. The maximum absolute atomic E-state index is 2.46. The van der Waals surface area contributed by atoms with Crippen molar-refractivity contribution in [3.05, 3.63) is 72.3 Å². The quantitative estimate of drug-likeness (QED) is 0.632. The van der Waals surface area contributed by atoms with Crippen molar-refractivity contribution in [1.82, 2.24) is 0 Å². The lowest BCUT2D eigenvalue weighted by atomic mass is 9.97. The highest BCUT2D eigenvalue weighted by atomic mass is 15.1. The summed E-state index contributed by atoms with van der Waals surface area (Å²) < 4.78 is 0. The van der Waals surface area contributed by atoms with Crippen molar-refractivity contribution < 1.29 is 0 Å². The largest absolute Gasteiger partial charge is 0.341 e. The van der Waals surface area contributed by atoms with E-state index in [4.69, 9.17) is 0 Å². The SMILES string of the molecule is C1=C(CCN(c2ccccc2)c2ccccc2)CCCC1. The summed E-state index contributed by atoms with van der Waals surface area (Å²) in [5.41, 5.74) is 4.19. The second kappa shape index (κ2) is 7.12. The third-order valence-corrected chi connectivity index (χ3v) is 4.18. The fraction of sp³-hybridized carbons (Fsp3) is 0.300. The number of allylic oxidation sites excluding steroid dienone is 1. The fourth-order valence-corrected chi connectivity index (χ4v) is 3.01. The highest BCUT2D eigenvalue weighted by Gasteiger charge is 2.10. The predicted molar refractivity (Wildman–Crippen MR) is 91.1 cm³/mol. The van der Waals surface area contributed by atoms with E-state index in [-0.39, 0.29) is 0 Å². The Labute approximate surface area is 127 Å². The van der Waals surface area contributed by atoms with Crippen molar-refractivity contribution in [2.75, 3.05) is 11.4 Å². The van der Waals surface area contributed by atoms with Crippen LogP contribution >= 0.6 is 0 Å². The van der Waals surface area contributed by atoms with Gasteiger partial charge in [-0.25, -0.2) is 0 Å². The van der Waals surface area contributed by atoms with Crippen molar-refractivity contribution in [2.24, 2.45) is 0 Å². The molecule has 21 heavy (non-hydrogen) atoms. The Morgan fingerprint density at radius 2 is 1.38 bits per heavy atom. The Hall–Kier alpha value is -2.02. The van der Waals surface area contributed by atoms with E-state index in [0.29, 0.717) is 0 Å². The van der Waals surface area contributed by atoms with Gasteiger partial charge in [0, 0.05) is 17.9 Å². The monoisotopic (exact) mass is 277 g/mol. The maximum atomic E-state index is 2.46. The van der Waals surface area contributed by atoms with Gasteiger partial charge in [-0.15, -0.1) is 0 Å². The van der Waals surface area contributed by atoms with Crippen LogP contribution in [-0.4, -0.2) is 6.54 Å². The van der Waals surface area contributed by atoms with Gasteiger partial charge in [0.2, 0.25) is 0 Å². The van der Waals surface area contributed by atoms with E-state index in [1.165, 1.54) is 43.5 Å². The summed E-state index contributed by atoms with van der Waals surface area (Å²) in [4.78, 5) is 2.43. The molecule has 0 saturated heterocycles. The van der Waals surface area contributed by atoms with Crippen molar-refractivity contribution in [3.8, 4) is 0 Å². The van der Waals surface area contributed by atoms with Crippen LogP contribution in [0.3, 0.4) is 0 Å². The highest BCUT2D eigenvalue weighted by molar-refractivity contribution is 5.62. The van der Waals surface area contributed by atoms with Gasteiger partial charge in [-0.2, -0.15) is 0 Å². The van der Waals surface area contributed by atoms with Crippen LogP contribution < -0.4 is 4.90 Å². The standard InChI is InChI=1S/C20H23N/c1-4-10-18(11-5-1)16-17-21(19-12-6-2-7-13-19)20-14-8-3-9-15-20/h2-3,6-10,12-15H,1,4-5,11,16-17H2. The van der Waals surface area contributed by atoms with Gasteiger partial charge in [0.1, 0.15) is 0 Å². The summed E-state index contributed by atoms with van der Waals surface area (Å²) in [7, 11) is 0. The lowest BCUT2D eigenvalue weighted by Crippen LogP contribution is -2.19. The molecule has 0 fully saturated rings. The molecule has 1 aliphatic rings. The van der Waals surface area contributed by atoms with Crippen LogP contribution in [0.1, 0.15) is 32.1 Å². The topological polar surface area (TPSA) is 3.24 Å². The summed E-state index contributed by atoms with van der Waals surface area (Å²) in [6.07, 6.45) is 8.91. The molecular weight excluding hydrogens is 254 g/mol. The minimum absolute atomic E-state index is 1.06. The maximum Gasteiger partial charge on any atom is 0.0410 e. The van der Waals surface area contributed by atoms with E-state index in [2.05, 4.69) is 71.6 Å². The Morgan fingerprint density at radius 1 is 0.762 bits per heavy atom. The van der Waals surface area contributed by atoms with Crippen LogP contribution in [0.5, 0.6) is 0 Å². The van der Waals surface area contributed by atoms with E-state index in [1.54, 1.807) is 5.57 Å². The number of benzene rings is 2. The van der Waals surface area contributed by atoms with Crippen LogP contribution in [0.2, 0.25) is 0 Å². The summed E-state index contributed by atoms with van der Waals surface area (Å²) in [6, 6.07) is 21.4. The Bertz CT molecular complexity index is 532. The summed E-state index contributed by atoms with van der Waals surface area (Å²) >= 11 is 0.